The van der Waals surface area contributed by atoms with E-state index in [1.807, 2.05) is 20.8 Å². The van der Waals surface area contributed by atoms with Crippen molar-refractivity contribution in [1.82, 2.24) is 9.80 Å². The minimum absolute atomic E-state index is 0.0896. The third-order valence-electron chi connectivity index (χ3n) is 3.77. The molecule has 0 aromatic heterocycles. The monoisotopic (exact) mass is 270 g/mol. The van der Waals surface area contributed by atoms with Crippen LogP contribution in [0.3, 0.4) is 0 Å². The molecule has 5 nitrogen and oxygen atoms in total. The van der Waals surface area contributed by atoms with Gasteiger partial charge in [-0.3, -0.25) is 0 Å². The molecule has 1 rings (SSSR count). The van der Waals surface area contributed by atoms with Gasteiger partial charge in [-0.2, -0.15) is 0 Å². The Bertz CT molecular complexity index is 349. The number of hydrogen-bond donors (Lipinski definition) is 1. The van der Waals surface area contributed by atoms with Crippen molar-refractivity contribution in [2.75, 3.05) is 13.1 Å². The Morgan fingerprint density at radius 2 is 1.84 bits per heavy atom. The van der Waals surface area contributed by atoms with Gasteiger partial charge in [-0.1, -0.05) is 0 Å². The van der Waals surface area contributed by atoms with Crippen molar-refractivity contribution in [3.05, 3.63) is 0 Å². The minimum atomic E-state index is -1.18. The molecule has 0 spiro atoms. The van der Waals surface area contributed by atoms with Crippen molar-refractivity contribution >= 4 is 12.0 Å². The average Bonchev–Trinajstić information content (AvgIpc) is 3.09. The summed E-state index contributed by atoms with van der Waals surface area (Å²) in [6.45, 7) is 10.1. The number of urea groups is 1. The molecule has 0 heterocycles. The number of carbonyl (C=O) groups is 2. The van der Waals surface area contributed by atoms with Crippen molar-refractivity contribution in [3.63, 3.8) is 0 Å². The van der Waals surface area contributed by atoms with Crippen LogP contribution in [0.15, 0.2) is 0 Å². The molecule has 0 atom stereocenters. The van der Waals surface area contributed by atoms with Gasteiger partial charge in [0.25, 0.3) is 0 Å². The first kappa shape index (κ1) is 15.8. The molecule has 110 valence electrons. The maximum atomic E-state index is 12.6. The fraction of sp³-hybridized carbons (Fsp3) is 0.857. The summed E-state index contributed by atoms with van der Waals surface area (Å²) in [5.41, 5.74) is -1.18. The summed E-state index contributed by atoms with van der Waals surface area (Å²) in [7, 11) is 0. The van der Waals surface area contributed by atoms with Crippen LogP contribution >= 0.6 is 0 Å². The number of carboxylic acids is 1. The largest absolute Gasteiger partial charge is 0.480 e. The highest BCUT2D eigenvalue weighted by Gasteiger charge is 2.40. The number of amides is 2. The van der Waals surface area contributed by atoms with Crippen LogP contribution < -0.4 is 0 Å². The number of carbonyl (C=O) groups excluding carboxylic acids is 1. The lowest BCUT2D eigenvalue weighted by Gasteiger charge is -2.39. The summed E-state index contributed by atoms with van der Waals surface area (Å²) in [4.78, 5) is 27.2. The van der Waals surface area contributed by atoms with E-state index >= 15 is 0 Å². The molecule has 19 heavy (non-hydrogen) atoms. The van der Waals surface area contributed by atoms with E-state index in [1.165, 1.54) is 17.7 Å². The maximum absolute atomic E-state index is 12.6. The number of rotatable bonds is 6. The van der Waals surface area contributed by atoms with Gasteiger partial charge in [0.2, 0.25) is 0 Å². The molecule has 0 aliphatic heterocycles. The Hall–Kier alpha value is -1.26. The normalized spacial score (nSPS) is 15.5. The van der Waals surface area contributed by atoms with E-state index in [-0.39, 0.29) is 12.1 Å². The second-order valence-electron chi connectivity index (χ2n) is 6.08. The first-order valence-electron chi connectivity index (χ1n) is 7.03. The van der Waals surface area contributed by atoms with Gasteiger partial charge in [0, 0.05) is 19.1 Å². The minimum Gasteiger partial charge on any atom is -0.480 e. The molecular weight excluding hydrogens is 244 g/mol. The fourth-order valence-electron chi connectivity index (χ4n) is 2.13. The van der Waals surface area contributed by atoms with E-state index in [0.717, 1.165) is 6.54 Å². The fourth-order valence-corrected chi connectivity index (χ4v) is 2.13. The summed E-state index contributed by atoms with van der Waals surface area (Å²) in [5, 5.41) is 9.29. The molecule has 1 aliphatic carbocycles. The number of carboxylic acid groups (broad SMARTS) is 1. The van der Waals surface area contributed by atoms with Gasteiger partial charge in [-0.25, -0.2) is 9.59 Å². The first-order valence-corrected chi connectivity index (χ1v) is 7.03. The highest BCUT2D eigenvalue weighted by atomic mass is 16.4. The zero-order valence-corrected chi connectivity index (χ0v) is 12.6. The molecule has 0 bridgehead atoms. The number of hydrogen-bond acceptors (Lipinski definition) is 2. The summed E-state index contributed by atoms with van der Waals surface area (Å²) >= 11 is 0. The van der Waals surface area contributed by atoms with Gasteiger partial charge < -0.3 is 14.9 Å². The number of nitrogens with zero attached hydrogens (tertiary/aromatic N) is 2. The number of likely N-dealkylation sites (N-methyl/N-ethyl adjacent to an activating group) is 1. The Balaban J connectivity index is 2.88. The van der Waals surface area contributed by atoms with E-state index in [4.69, 9.17) is 0 Å². The lowest BCUT2D eigenvalue weighted by atomic mass is 10.0. The second kappa shape index (κ2) is 5.80. The van der Waals surface area contributed by atoms with E-state index in [2.05, 4.69) is 0 Å². The zero-order chi connectivity index (χ0) is 14.8. The lowest BCUT2D eigenvalue weighted by molar-refractivity contribution is -0.147. The second-order valence-corrected chi connectivity index (χ2v) is 6.08. The SMILES string of the molecule is CCN(C(=O)N(CC1CC1)C(C)C)C(C)(C)C(=O)O. The molecule has 0 saturated heterocycles. The molecular formula is C14H26N2O3. The standard InChI is InChI=1S/C14H26N2O3/c1-6-16(14(4,5)12(17)18)13(19)15(10(2)3)9-11-7-8-11/h10-11H,6-9H2,1-5H3,(H,17,18). The van der Waals surface area contributed by atoms with Gasteiger partial charge >= 0.3 is 12.0 Å². The van der Waals surface area contributed by atoms with Crippen molar-refractivity contribution in [2.45, 2.75) is 59.0 Å². The zero-order valence-electron chi connectivity index (χ0n) is 12.6. The van der Waals surface area contributed by atoms with Crippen molar-refractivity contribution in [2.24, 2.45) is 5.92 Å². The molecule has 1 N–H and O–H groups in total. The predicted octanol–water partition coefficient (Wildman–Crippen LogP) is 2.41. The average molecular weight is 270 g/mol. The Morgan fingerprint density at radius 1 is 1.32 bits per heavy atom. The molecule has 0 aromatic carbocycles. The number of aliphatic carboxylic acids is 1. The van der Waals surface area contributed by atoms with E-state index in [0.29, 0.717) is 12.5 Å². The third kappa shape index (κ3) is 3.61. The van der Waals surface area contributed by atoms with E-state index in [9.17, 15) is 14.7 Å². The highest BCUT2D eigenvalue weighted by molar-refractivity contribution is 5.85. The molecule has 0 aromatic rings. The quantitative estimate of drug-likeness (QED) is 0.806. The van der Waals surface area contributed by atoms with E-state index in [1.54, 1.807) is 18.7 Å². The van der Waals surface area contributed by atoms with Gasteiger partial charge in [0.15, 0.2) is 0 Å². The van der Waals surface area contributed by atoms with Gasteiger partial charge in [-0.15, -0.1) is 0 Å². The summed E-state index contributed by atoms with van der Waals surface area (Å²) in [6, 6.07) is -0.0801. The van der Waals surface area contributed by atoms with Crippen molar-refractivity contribution in [1.29, 1.82) is 0 Å². The molecule has 2 amide bonds. The van der Waals surface area contributed by atoms with Gasteiger partial charge in [0.05, 0.1) is 0 Å². The molecule has 0 unspecified atom stereocenters. The lowest BCUT2D eigenvalue weighted by Crippen LogP contribution is -2.58. The van der Waals surface area contributed by atoms with Crippen LogP contribution in [0.2, 0.25) is 0 Å². The van der Waals surface area contributed by atoms with Crippen LogP contribution in [-0.4, -0.2) is 51.6 Å². The first-order chi connectivity index (χ1) is 8.71. The van der Waals surface area contributed by atoms with Crippen LogP contribution in [0.4, 0.5) is 4.79 Å². The summed E-state index contributed by atoms with van der Waals surface area (Å²) < 4.78 is 0. The smallest absolute Gasteiger partial charge is 0.329 e. The van der Waals surface area contributed by atoms with Crippen LogP contribution in [0.1, 0.15) is 47.5 Å². The van der Waals surface area contributed by atoms with Crippen LogP contribution in [0, 0.1) is 5.92 Å². The predicted molar refractivity (Wildman–Crippen MR) is 74.1 cm³/mol. The Morgan fingerprint density at radius 3 is 2.16 bits per heavy atom. The molecule has 5 heteroatoms. The molecule has 1 saturated carbocycles. The topological polar surface area (TPSA) is 60.9 Å². The molecule has 0 radical (unpaired) electrons. The van der Waals surface area contributed by atoms with Crippen LogP contribution in [0.5, 0.6) is 0 Å². The van der Waals surface area contributed by atoms with Crippen molar-refractivity contribution < 1.29 is 14.7 Å². The highest BCUT2D eigenvalue weighted by Crippen LogP contribution is 2.31. The van der Waals surface area contributed by atoms with Gasteiger partial charge in [0.1, 0.15) is 5.54 Å². The maximum Gasteiger partial charge on any atom is 0.329 e. The summed E-state index contributed by atoms with van der Waals surface area (Å²) in [5.74, 6) is -0.379. The van der Waals surface area contributed by atoms with Crippen LogP contribution in [-0.2, 0) is 4.79 Å². The van der Waals surface area contributed by atoms with E-state index < -0.39 is 11.5 Å². The molecule has 1 aliphatic rings. The van der Waals surface area contributed by atoms with Crippen molar-refractivity contribution in [3.8, 4) is 0 Å². The van der Waals surface area contributed by atoms with Gasteiger partial charge in [-0.05, 0) is 53.4 Å². The summed E-state index contributed by atoms with van der Waals surface area (Å²) in [6.07, 6.45) is 2.34. The Labute approximate surface area is 115 Å². The van der Waals surface area contributed by atoms with Crippen LogP contribution in [0.25, 0.3) is 0 Å². The third-order valence-corrected chi connectivity index (χ3v) is 3.77. The molecule has 1 fully saturated rings. The Kier molecular flexibility index (Phi) is 4.82.